The van der Waals surface area contributed by atoms with Crippen molar-refractivity contribution in [3.8, 4) is 0 Å². The first kappa shape index (κ1) is 16.1. The molecule has 0 fully saturated rings. The van der Waals surface area contributed by atoms with Crippen LogP contribution in [0.2, 0.25) is 0 Å². The van der Waals surface area contributed by atoms with Crippen LogP contribution in [0, 0.1) is 6.92 Å². The Kier molecular flexibility index (Phi) is 5.51. The van der Waals surface area contributed by atoms with Gasteiger partial charge in [0, 0.05) is 11.4 Å². The Balaban J connectivity index is 2.79. The molecule has 1 aromatic rings. The number of hydrogen-bond donors (Lipinski definition) is 2. The maximum atomic E-state index is 12.0. The molecule has 1 heterocycles. The van der Waals surface area contributed by atoms with Crippen LogP contribution in [0.25, 0.3) is 0 Å². The standard InChI is InChI=1S/C12H19NO4S2/c1-4-10(5-2)19(16,17)13-7-9-6-11(12(14)15)18-8(9)3/h6,10,13H,4-5,7H2,1-3H3,(H,14,15). The molecule has 5 nitrogen and oxygen atoms in total. The Morgan fingerprint density at radius 3 is 2.42 bits per heavy atom. The fraction of sp³-hybridized carbons (Fsp3) is 0.583. The zero-order valence-electron chi connectivity index (χ0n) is 11.3. The SMILES string of the molecule is CCC(CC)S(=O)(=O)NCc1cc(C(=O)O)sc1C. The predicted octanol–water partition coefficient (Wildman–Crippen LogP) is 2.36. The minimum atomic E-state index is -3.34. The average molecular weight is 305 g/mol. The van der Waals surface area contributed by atoms with Gasteiger partial charge in [0.2, 0.25) is 10.0 Å². The van der Waals surface area contributed by atoms with Crippen molar-refractivity contribution in [2.45, 2.75) is 45.4 Å². The molecule has 0 saturated heterocycles. The van der Waals surface area contributed by atoms with E-state index in [0.29, 0.717) is 12.8 Å². The maximum absolute atomic E-state index is 12.0. The summed E-state index contributed by atoms with van der Waals surface area (Å²) in [6.07, 6.45) is 1.13. The molecule has 0 aliphatic carbocycles. The highest BCUT2D eigenvalue weighted by Crippen LogP contribution is 2.22. The van der Waals surface area contributed by atoms with Gasteiger partial charge in [-0.05, 0) is 31.4 Å². The second-order valence-corrected chi connectivity index (χ2v) is 7.60. The highest BCUT2D eigenvalue weighted by Gasteiger charge is 2.22. The van der Waals surface area contributed by atoms with Crippen LogP contribution in [0.3, 0.4) is 0 Å². The molecule has 0 spiro atoms. The minimum absolute atomic E-state index is 0.147. The van der Waals surface area contributed by atoms with Gasteiger partial charge in [-0.2, -0.15) is 0 Å². The molecular formula is C12H19NO4S2. The first-order valence-electron chi connectivity index (χ1n) is 6.12. The van der Waals surface area contributed by atoms with Gasteiger partial charge in [-0.3, -0.25) is 0 Å². The van der Waals surface area contributed by atoms with Crippen LogP contribution in [0.4, 0.5) is 0 Å². The fourth-order valence-corrected chi connectivity index (χ4v) is 4.18. The molecule has 0 atom stereocenters. The van der Waals surface area contributed by atoms with E-state index in [1.54, 1.807) is 6.92 Å². The molecule has 108 valence electrons. The summed E-state index contributed by atoms with van der Waals surface area (Å²) in [5, 5.41) is 8.49. The van der Waals surface area contributed by atoms with Gasteiger partial charge in [0.05, 0.1) is 5.25 Å². The van der Waals surface area contributed by atoms with Crippen LogP contribution in [-0.2, 0) is 16.6 Å². The van der Waals surface area contributed by atoms with Crippen LogP contribution >= 0.6 is 11.3 Å². The Hall–Kier alpha value is -0.920. The van der Waals surface area contributed by atoms with Crippen LogP contribution in [0.5, 0.6) is 0 Å². The second-order valence-electron chi connectivity index (χ2n) is 4.30. The summed E-state index contributed by atoms with van der Waals surface area (Å²) in [6.45, 7) is 5.61. The number of nitrogens with one attached hydrogen (secondary N) is 1. The van der Waals surface area contributed by atoms with Crippen molar-refractivity contribution in [1.29, 1.82) is 0 Å². The van der Waals surface area contributed by atoms with Crippen LogP contribution in [0.1, 0.15) is 46.8 Å². The lowest BCUT2D eigenvalue weighted by molar-refractivity contribution is 0.0702. The molecule has 0 unspecified atom stereocenters. The summed E-state index contributed by atoms with van der Waals surface area (Å²) in [5.74, 6) is -0.984. The lowest BCUT2D eigenvalue weighted by Gasteiger charge is -2.14. The summed E-state index contributed by atoms with van der Waals surface area (Å²) < 4.78 is 26.5. The molecule has 1 rings (SSSR count). The molecule has 7 heteroatoms. The monoisotopic (exact) mass is 305 g/mol. The highest BCUT2D eigenvalue weighted by atomic mass is 32.2. The molecule has 1 aromatic heterocycles. The number of carbonyl (C=O) groups is 1. The van der Waals surface area contributed by atoms with Gasteiger partial charge in [0.1, 0.15) is 4.88 Å². The molecule has 0 bridgehead atoms. The Labute approximate surface area is 117 Å². The largest absolute Gasteiger partial charge is 0.477 e. The molecular weight excluding hydrogens is 286 g/mol. The number of aromatic carboxylic acids is 1. The first-order chi connectivity index (χ1) is 8.81. The second kappa shape index (κ2) is 6.49. The van der Waals surface area contributed by atoms with Crippen molar-refractivity contribution in [1.82, 2.24) is 4.72 Å². The smallest absolute Gasteiger partial charge is 0.345 e. The topological polar surface area (TPSA) is 83.5 Å². The van der Waals surface area contributed by atoms with E-state index in [1.165, 1.54) is 6.07 Å². The quantitative estimate of drug-likeness (QED) is 0.810. The van der Waals surface area contributed by atoms with Crippen molar-refractivity contribution in [3.63, 3.8) is 0 Å². The molecule has 0 aliphatic rings. The third-order valence-electron chi connectivity index (χ3n) is 3.04. The van der Waals surface area contributed by atoms with Gasteiger partial charge in [0.25, 0.3) is 0 Å². The van der Waals surface area contributed by atoms with E-state index in [0.717, 1.165) is 21.8 Å². The van der Waals surface area contributed by atoms with E-state index < -0.39 is 21.2 Å². The number of carboxylic acid groups (broad SMARTS) is 1. The zero-order valence-corrected chi connectivity index (χ0v) is 12.9. The maximum Gasteiger partial charge on any atom is 0.345 e. The summed E-state index contributed by atoms with van der Waals surface area (Å²) in [7, 11) is -3.34. The minimum Gasteiger partial charge on any atom is -0.477 e. The molecule has 0 radical (unpaired) electrons. The number of carboxylic acids is 1. The van der Waals surface area contributed by atoms with Crippen molar-refractivity contribution >= 4 is 27.3 Å². The Bertz CT molecular complexity index is 544. The molecule has 0 aliphatic heterocycles. The van der Waals surface area contributed by atoms with Gasteiger partial charge in [-0.1, -0.05) is 13.8 Å². The van der Waals surface area contributed by atoms with Crippen molar-refractivity contribution in [3.05, 3.63) is 21.4 Å². The average Bonchev–Trinajstić information content (AvgIpc) is 2.70. The summed E-state index contributed by atoms with van der Waals surface area (Å²) in [4.78, 5) is 11.9. The van der Waals surface area contributed by atoms with Crippen molar-refractivity contribution in [2.75, 3.05) is 0 Å². The van der Waals surface area contributed by atoms with Gasteiger partial charge >= 0.3 is 5.97 Å². The number of rotatable bonds is 7. The fourth-order valence-electron chi connectivity index (χ4n) is 1.82. The Morgan fingerprint density at radius 2 is 2.00 bits per heavy atom. The lowest BCUT2D eigenvalue weighted by Crippen LogP contribution is -2.33. The van der Waals surface area contributed by atoms with E-state index in [-0.39, 0.29) is 11.4 Å². The van der Waals surface area contributed by atoms with Gasteiger partial charge in [0.15, 0.2) is 0 Å². The van der Waals surface area contributed by atoms with E-state index in [2.05, 4.69) is 4.72 Å². The molecule has 0 amide bonds. The van der Waals surface area contributed by atoms with Crippen molar-refractivity contribution < 1.29 is 18.3 Å². The van der Waals surface area contributed by atoms with E-state index in [4.69, 9.17) is 5.11 Å². The number of thiophene rings is 1. The first-order valence-corrected chi connectivity index (χ1v) is 8.49. The summed E-state index contributed by atoms with van der Waals surface area (Å²) in [5.41, 5.74) is 0.719. The predicted molar refractivity (Wildman–Crippen MR) is 76.1 cm³/mol. The number of sulfonamides is 1. The van der Waals surface area contributed by atoms with Gasteiger partial charge in [-0.15, -0.1) is 11.3 Å². The van der Waals surface area contributed by atoms with Gasteiger partial charge < -0.3 is 5.11 Å². The van der Waals surface area contributed by atoms with Crippen LogP contribution in [0.15, 0.2) is 6.07 Å². The number of aryl methyl sites for hydroxylation is 1. The lowest BCUT2D eigenvalue weighted by atomic mass is 10.2. The summed E-state index contributed by atoms with van der Waals surface area (Å²) in [6, 6.07) is 1.53. The van der Waals surface area contributed by atoms with E-state index >= 15 is 0 Å². The molecule has 2 N–H and O–H groups in total. The molecule has 19 heavy (non-hydrogen) atoms. The van der Waals surface area contributed by atoms with E-state index in [9.17, 15) is 13.2 Å². The van der Waals surface area contributed by atoms with Gasteiger partial charge in [-0.25, -0.2) is 17.9 Å². The molecule has 0 saturated carbocycles. The normalized spacial score (nSPS) is 12.0. The molecule has 0 aromatic carbocycles. The third kappa shape index (κ3) is 4.02. The van der Waals surface area contributed by atoms with Crippen LogP contribution in [-0.4, -0.2) is 24.7 Å². The van der Waals surface area contributed by atoms with E-state index in [1.807, 2.05) is 13.8 Å². The third-order valence-corrected chi connectivity index (χ3v) is 6.22. The van der Waals surface area contributed by atoms with Crippen molar-refractivity contribution in [2.24, 2.45) is 0 Å². The highest BCUT2D eigenvalue weighted by molar-refractivity contribution is 7.90. The van der Waals surface area contributed by atoms with Crippen LogP contribution < -0.4 is 4.72 Å². The summed E-state index contributed by atoms with van der Waals surface area (Å²) >= 11 is 1.16. The number of hydrogen-bond acceptors (Lipinski definition) is 4. The Morgan fingerprint density at radius 1 is 1.42 bits per heavy atom. The zero-order chi connectivity index (χ0) is 14.6.